The Hall–Kier alpha value is -2.90. The van der Waals surface area contributed by atoms with Gasteiger partial charge in [0.25, 0.3) is 0 Å². The van der Waals surface area contributed by atoms with Crippen LogP contribution in [0.15, 0.2) is 24.3 Å². The van der Waals surface area contributed by atoms with Gasteiger partial charge in [0.2, 0.25) is 0 Å². The van der Waals surface area contributed by atoms with E-state index in [-0.39, 0.29) is 6.29 Å². The number of carbonyl (C=O) groups excluding carboxylic acids is 1. The average molecular weight is 296 g/mol. The van der Waals surface area contributed by atoms with Crippen LogP contribution in [0.5, 0.6) is 0 Å². The zero-order chi connectivity index (χ0) is 15.6. The van der Waals surface area contributed by atoms with Crippen LogP contribution in [-0.2, 0) is 0 Å². The lowest BCUT2D eigenvalue weighted by Gasteiger charge is -2.09. The van der Waals surface area contributed by atoms with Crippen LogP contribution in [0.3, 0.4) is 0 Å². The number of amides is 1. The van der Waals surface area contributed by atoms with Crippen molar-refractivity contribution in [1.82, 2.24) is 4.98 Å². The topological polar surface area (TPSA) is 79.3 Å². The van der Waals surface area contributed by atoms with Crippen molar-refractivity contribution in [2.75, 3.05) is 5.32 Å². The smallest absolute Gasteiger partial charge is 0.409 e. The first-order valence-corrected chi connectivity index (χ1v) is 5.54. The third-order valence-corrected chi connectivity index (χ3v) is 2.56. The Kier molecular flexibility index (Phi) is 3.88. The Bertz CT molecular complexity index is 715. The summed E-state index contributed by atoms with van der Waals surface area (Å²) in [5.74, 6) is -3.29. The van der Waals surface area contributed by atoms with E-state index in [1.165, 1.54) is 0 Å². The third-order valence-electron chi connectivity index (χ3n) is 2.56. The van der Waals surface area contributed by atoms with Crippen molar-refractivity contribution in [2.24, 2.45) is 0 Å². The number of carboxylic acid groups (broad SMARTS) is 1. The fraction of sp³-hybridized carbons (Fsp3) is 0. The third kappa shape index (κ3) is 2.83. The van der Waals surface area contributed by atoms with Crippen molar-refractivity contribution < 1.29 is 27.9 Å². The molecule has 2 aromatic rings. The second-order valence-corrected chi connectivity index (χ2v) is 3.90. The highest BCUT2D eigenvalue weighted by Crippen LogP contribution is 2.29. The molecule has 108 valence electrons. The van der Waals surface area contributed by atoms with E-state index in [4.69, 9.17) is 5.11 Å². The van der Waals surface area contributed by atoms with Gasteiger partial charge < -0.3 is 5.11 Å². The van der Waals surface area contributed by atoms with Gasteiger partial charge in [-0.1, -0.05) is 6.07 Å². The average Bonchev–Trinajstić information content (AvgIpc) is 2.40. The highest BCUT2D eigenvalue weighted by molar-refractivity contribution is 5.91. The maximum absolute atomic E-state index is 13.9. The molecule has 0 saturated carbocycles. The fourth-order valence-electron chi connectivity index (χ4n) is 1.71. The molecule has 0 aliphatic rings. The van der Waals surface area contributed by atoms with Gasteiger partial charge in [-0.05, 0) is 12.1 Å². The molecule has 0 radical (unpaired) electrons. The number of aromatic nitrogens is 1. The lowest BCUT2D eigenvalue weighted by molar-refractivity contribution is 0.112. The summed E-state index contributed by atoms with van der Waals surface area (Å²) in [6, 6.07) is 3.53. The maximum atomic E-state index is 13.9. The molecule has 8 heteroatoms. The quantitative estimate of drug-likeness (QED) is 0.853. The number of hydrogen-bond donors (Lipinski definition) is 2. The second kappa shape index (κ2) is 5.61. The lowest BCUT2D eigenvalue weighted by atomic mass is 10.1. The van der Waals surface area contributed by atoms with Crippen molar-refractivity contribution in [2.45, 2.75) is 0 Å². The van der Waals surface area contributed by atoms with Crippen molar-refractivity contribution in [3.8, 4) is 11.3 Å². The number of pyridine rings is 1. The number of rotatable bonds is 3. The molecule has 1 aromatic heterocycles. The Labute approximate surface area is 116 Å². The first kappa shape index (κ1) is 14.5. The first-order chi connectivity index (χ1) is 9.93. The van der Waals surface area contributed by atoms with E-state index in [0.717, 1.165) is 18.2 Å². The minimum Gasteiger partial charge on any atom is -0.465 e. The molecule has 21 heavy (non-hydrogen) atoms. The summed E-state index contributed by atoms with van der Waals surface area (Å²) in [7, 11) is 0. The van der Waals surface area contributed by atoms with Crippen LogP contribution in [0, 0.1) is 17.5 Å². The van der Waals surface area contributed by atoms with Crippen molar-refractivity contribution in [3.05, 3.63) is 47.4 Å². The Balaban J connectivity index is 2.66. The molecule has 2 N–H and O–H groups in total. The Morgan fingerprint density at radius 1 is 1.19 bits per heavy atom. The van der Waals surface area contributed by atoms with Crippen molar-refractivity contribution >= 4 is 18.1 Å². The van der Waals surface area contributed by atoms with E-state index in [1.807, 2.05) is 0 Å². The molecule has 0 saturated heterocycles. The summed E-state index contributed by atoms with van der Waals surface area (Å²) in [5, 5.41) is 10.3. The normalized spacial score (nSPS) is 10.2. The van der Waals surface area contributed by atoms with Crippen LogP contribution >= 0.6 is 0 Å². The van der Waals surface area contributed by atoms with E-state index >= 15 is 0 Å². The number of anilines is 1. The summed E-state index contributed by atoms with van der Waals surface area (Å²) in [6.45, 7) is 0. The molecule has 1 heterocycles. The molecular formula is C13H7F3N2O3. The molecule has 0 atom stereocenters. The van der Waals surface area contributed by atoms with Gasteiger partial charge >= 0.3 is 6.09 Å². The van der Waals surface area contributed by atoms with Crippen LogP contribution in [0.4, 0.5) is 23.7 Å². The molecule has 0 fully saturated rings. The number of nitrogens with zero attached hydrogens (tertiary/aromatic N) is 1. The monoisotopic (exact) mass is 296 g/mol. The lowest BCUT2D eigenvalue weighted by Crippen LogP contribution is -2.11. The van der Waals surface area contributed by atoms with Crippen molar-refractivity contribution in [1.29, 1.82) is 0 Å². The molecule has 0 unspecified atom stereocenters. The number of nitrogens with one attached hydrogen (secondary N) is 1. The molecular weight excluding hydrogens is 289 g/mol. The summed E-state index contributed by atoms with van der Waals surface area (Å²) in [4.78, 5) is 24.9. The molecule has 5 nitrogen and oxygen atoms in total. The summed E-state index contributed by atoms with van der Waals surface area (Å²) >= 11 is 0. The van der Waals surface area contributed by atoms with Gasteiger partial charge in [0.1, 0.15) is 23.0 Å². The van der Waals surface area contributed by atoms with E-state index in [9.17, 15) is 22.8 Å². The molecule has 1 amide bonds. The largest absolute Gasteiger partial charge is 0.465 e. The van der Waals surface area contributed by atoms with Crippen LogP contribution < -0.4 is 5.32 Å². The SMILES string of the molecule is O=Cc1nc(-c2c(F)cccc2F)c(F)cc1NC(=O)O. The Morgan fingerprint density at radius 3 is 2.33 bits per heavy atom. The van der Waals surface area contributed by atoms with Crippen molar-refractivity contribution in [3.63, 3.8) is 0 Å². The van der Waals surface area contributed by atoms with E-state index < -0.39 is 46.2 Å². The number of hydrogen-bond acceptors (Lipinski definition) is 3. The van der Waals surface area contributed by atoms with Gasteiger partial charge in [-0.3, -0.25) is 10.1 Å². The molecule has 0 spiro atoms. The second-order valence-electron chi connectivity index (χ2n) is 3.90. The molecule has 1 aromatic carbocycles. The summed E-state index contributed by atoms with van der Waals surface area (Å²) < 4.78 is 41.2. The van der Waals surface area contributed by atoms with Gasteiger partial charge in [-0.2, -0.15) is 0 Å². The van der Waals surface area contributed by atoms with Crippen LogP contribution in [-0.4, -0.2) is 22.5 Å². The number of aldehydes is 1. The first-order valence-electron chi connectivity index (χ1n) is 5.54. The Morgan fingerprint density at radius 2 is 1.81 bits per heavy atom. The van der Waals surface area contributed by atoms with E-state index in [1.54, 1.807) is 5.32 Å². The van der Waals surface area contributed by atoms with Crippen LogP contribution in [0.1, 0.15) is 10.5 Å². The fourth-order valence-corrected chi connectivity index (χ4v) is 1.71. The number of benzene rings is 1. The predicted molar refractivity (Wildman–Crippen MR) is 66.6 cm³/mol. The highest BCUT2D eigenvalue weighted by atomic mass is 19.1. The number of halogens is 3. The molecule has 0 bridgehead atoms. The van der Waals surface area contributed by atoms with E-state index in [2.05, 4.69) is 4.98 Å². The molecule has 2 rings (SSSR count). The van der Waals surface area contributed by atoms with Gasteiger partial charge in [-0.25, -0.2) is 22.9 Å². The van der Waals surface area contributed by atoms with Gasteiger partial charge in [-0.15, -0.1) is 0 Å². The minimum atomic E-state index is -1.54. The van der Waals surface area contributed by atoms with Crippen LogP contribution in [0.2, 0.25) is 0 Å². The minimum absolute atomic E-state index is 0.146. The molecule has 0 aliphatic carbocycles. The predicted octanol–water partition coefficient (Wildman–Crippen LogP) is 3.07. The zero-order valence-corrected chi connectivity index (χ0v) is 10.2. The standard InChI is InChI=1S/C13H7F3N2O3/c14-6-2-1-3-7(15)11(6)12-8(16)4-9(18-13(20)21)10(5-19)17-12/h1-5,18H,(H,20,21). The number of carbonyl (C=O) groups is 2. The van der Waals surface area contributed by atoms with E-state index in [0.29, 0.717) is 6.07 Å². The summed E-state index contributed by atoms with van der Waals surface area (Å²) in [6.07, 6.45) is -1.39. The van der Waals surface area contributed by atoms with Crippen LogP contribution in [0.25, 0.3) is 11.3 Å². The molecule has 0 aliphatic heterocycles. The van der Waals surface area contributed by atoms with Gasteiger partial charge in [0.15, 0.2) is 12.1 Å². The van der Waals surface area contributed by atoms with Gasteiger partial charge in [0, 0.05) is 6.07 Å². The zero-order valence-electron chi connectivity index (χ0n) is 10.2. The highest BCUT2D eigenvalue weighted by Gasteiger charge is 2.20. The van der Waals surface area contributed by atoms with Gasteiger partial charge in [0.05, 0.1) is 11.3 Å². The summed E-state index contributed by atoms with van der Waals surface area (Å²) in [5.41, 5.74) is -2.37. The maximum Gasteiger partial charge on any atom is 0.409 e.